The number of hydrogen-bond acceptors (Lipinski definition) is 3. The molecule has 1 fully saturated rings. The van der Waals surface area contributed by atoms with E-state index in [-0.39, 0.29) is 5.91 Å². The lowest BCUT2D eigenvalue weighted by atomic mass is 9.73. The van der Waals surface area contributed by atoms with E-state index in [2.05, 4.69) is 50.4 Å². The molecule has 0 spiro atoms. The molecule has 1 saturated heterocycles. The zero-order valence-corrected chi connectivity index (χ0v) is 18.3. The molecule has 0 saturated carbocycles. The molecule has 0 unspecified atom stereocenters. The number of aryl methyl sites for hydroxylation is 3. The molecule has 3 rings (SSSR count). The van der Waals surface area contributed by atoms with E-state index in [1.54, 1.807) is 0 Å². The predicted molar refractivity (Wildman–Crippen MR) is 118 cm³/mol. The van der Waals surface area contributed by atoms with Crippen molar-refractivity contribution in [1.29, 1.82) is 0 Å². The summed E-state index contributed by atoms with van der Waals surface area (Å²) in [6.07, 6.45) is 1.38. The standard InChI is InChI=1S/C25H33NO3/c1-17(2)16-29-23-19(4)14-22(15-20(23)5)26-24(27)25(10-12-28-13-11-25)21-8-6-18(3)7-9-21/h6-9,14-15,17H,10-13,16H2,1-5H3,(H,26,27). The summed E-state index contributed by atoms with van der Waals surface area (Å²) in [5, 5.41) is 3.19. The van der Waals surface area contributed by atoms with E-state index in [1.807, 2.05) is 26.0 Å². The molecule has 1 aliphatic heterocycles. The summed E-state index contributed by atoms with van der Waals surface area (Å²) in [6.45, 7) is 12.3. The first-order chi connectivity index (χ1) is 13.8. The molecule has 2 aromatic rings. The first-order valence-electron chi connectivity index (χ1n) is 10.5. The summed E-state index contributed by atoms with van der Waals surface area (Å²) in [5.74, 6) is 1.42. The molecule has 4 nitrogen and oxygen atoms in total. The van der Waals surface area contributed by atoms with Crippen LogP contribution in [-0.2, 0) is 14.9 Å². The number of anilines is 1. The lowest BCUT2D eigenvalue weighted by Gasteiger charge is -2.36. The van der Waals surface area contributed by atoms with Crippen molar-refractivity contribution in [3.05, 3.63) is 58.7 Å². The van der Waals surface area contributed by atoms with Gasteiger partial charge in [0.2, 0.25) is 5.91 Å². The van der Waals surface area contributed by atoms with Gasteiger partial charge < -0.3 is 14.8 Å². The molecule has 29 heavy (non-hydrogen) atoms. The van der Waals surface area contributed by atoms with Gasteiger partial charge in [0, 0.05) is 18.9 Å². The van der Waals surface area contributed by atoms with Crippen LogP contribution in [0.5, 0.6) is 5.75 Å². The SMILES string of the molecule is Cc1ccc(C2(C(=O)Nc3cc(C)c(OCC(C)C)c(C)c3)CCOCC2)cc1. The Morgan fingerprint density at radius 1 is 1.07 bits per heavy atom. The van der Waals surface area contributed by atoms with Crippen molar-refractivity contribution in [3.8, 4) is 5.75 Å². The molecule has 156 valence electrons. The molecular formula is C25H33NO3. The molecule has 1 aliphatic rings. The van der Waals surface area contributed by atoms with Gasteiger partial charge in [-0.1, -0.05) is 43.7 Å². The van der Waals surface area contributed by atoms with Gasteiger partial charge in [-0.2, -0.15) is 0 Å². The molecule has 0 bridgehead atoms. The monoisotopic (exact) mass is 395 g/mol. The fourth-order valence-corrected chi connectivity index (χ4v) is 3.99. The summed E-state index contributed by atoms with van der Waals surface area (Å²) >= 11 is 0. The van der Waals surface area contributed by atoms with Gasteiger partial charge in [0.1, 0.15) is 5.75 Å². The van der Waals surface area contributed by atoms with Crippen molar-refractivity contribution in [2.45, 2.75) is 52.9 Å². The van der Waals surface area contributed by atoms with Crippen molar-refractivity contribution in [3.63, 3.8) is 0 Å². The molecule has 4 heteroatoms. The Morgan fingerprint density at radius 2 is 1.66 bits per heavy atom. The highest BCUT2D eigenvalue weighted by Gasteiger charge is 2.41. The van der Waals surface area contributed by atoms with Crippen LogP contribution in [0.25, 0.3) is 0 Å². The van der Waals surface area contributed by atoms with E-state index in [0.29, 0.717) is 38.6 Å². The number of hydrogen-bond donors (Lipinski definition) is 1. The zero-order valence-electron chi connectivity index (χ0n) is 18.3. The highest BCUT2D eigenvalue weighted by Crippen LogP contribution is 2.37. The maximum atomic E-state index is 13.5. The second kappa shape index (κ2) is 9.00. The lowest BCUT2D eigenvalue weighted by Crippen LogP contribution is -2.44. The second-order valence-electron chi connectivity index (χ2n) is 8.66. The van der Waals surface area contributed by atoms with E-state index in [1.165, 1.54) is 5.56 Å². The molecule has 0 radical (unpaired) electrons. The van der Waals surface area contributed by atoms with Gasteiger partial charge in [0.05, 0.1) is 12.0 Å². The molecule has 0 aromatic heterocycles. The summed E-state index contributed by atoms with van der Waals surface area (Å²) in [4.78, 5) is 13.5. The van der Waals surface area contributed by atoms with Gasteiger partial charge in [-0.05, 0) is 68.4 Å². The Balaban J connectivity index is 1.85. The Labute approximate surface area is 174 Å². The fourth-order valence-electron chi connectivity index (χ4n) is 3.99. The third kappa shape index (κ3) is 4.81. The fraction of sp³-hybridized carbons (Fsp3) is 0.480. The quantitative estimate of drug-likeness (QED) is 0.719. The Kier molecular flexibility index (Phi) is 6.63. The first kappa shape index (κ1) is 21.4. The van der Waals surface area contributed by atoms with E-state index in [9.17, 15) is 4.79 Å². The number of carbonyl (C=O) groups excluding carboxylic acids is 1. The molecule has 1 N–H and O–H groups in total. The number of benzene rings is 2. The van der Waals surface area contributed by atoms with Crippen LogP contribution in [-0.4, -0.2) is 25.7 Å². The number of rotatable bonds is 6. The molecule has 2 aromatic carbocycles. The van der Waals surface area contributed by atoms with Crippen LogP contribution in [0.4, 0.5) is 5.69 Å². The maximum Gasteiger partial charge on any atom is 0.235 e. The van der Waals surface area contributed by atoms with Crippen LogP contribution in [0, 0.1) is 26.7 Å². The summed E-state index contributed by atoms with van der Waals surface area (Å²) in [6, 6.07) is 12.3. The normalized spacial score (nSPS) is 15.9. The molecule has 0 atom stereocenters. The first-order valence-corrected chi connectivity index (χ1v) is 10.5. The third-order valence-corrected chi connectivity index (χ3v) is 5.66. The van der Waals surface area contributed by atoms with Crippen LogP contribution in [0.2, 0.25) is 0 Å². The topological polar surface area (TPSA) is 47.6 Å². The van der Waals surface area contributed by atoms with Crippen LogP contribution in [0.3, 0.4) is 0 Å². The Morgan fingerprint density at radius 3 is 2.21 bits per heavy atom. The smallest absolute Gasteiger partial charge is 0.235 e. The zero-order chi connectivity index (χ0) is 21.0. The average Bonchev–Trinajstić information content (AvgIpc) is 2.68. The van der Waals surface area contributed by atoms with E-state index in [0.717, 1.165) is 28.1 Å². The highest BCUT2D eigenvalue weighted by molar-refractivity contribution is 5.99. The van der Waals surface area contributed by atoms with Crippen molar-refractivity contribution in [2.75, 3.05) is 25.1 Å². The van der Waals surface area contributed by atoms with Crippen LogP contribution < -0.4 is 10.1 Å². The van der Waals surface area contributed by atoms with Gasteiger partial charge in [0.15, 0.2) is 0 Å². The Hall–Kier alpha value is -2.33. The van der Waals surface area contributed by atoms with E-state index < -0.39 is 5.41 Å². The second-order valence-corrected chi connectivity index (χ2v) is 8.66. The summed E-state index contributed by atoms with van der Waals surface area (Å²) in [7, 11) is 0. The Bertz CT molecular complexity index is 826. The number of nitrogens with one attached hydrogen (secondary N) is 1. The highest BCUT2D eigenvalue weighted by atomic mass is 16.5. The summed E-state index contributed by atoms with van der Waals surface area (Å²) < 4.78 is 11.6. The minimum Gasteiger partial charge on any atom is -0.493 e. The van der Waals surface area contributed by atoms with Gasteiger partial charge in [-0.25, -0.2) is 0 Å². The lowest BCUT2D eigenvalue weighted by molar-refractivity contribution is -0.125. The molecule has 1 heterocycles. The van der Waals surface area contributed by atoms with Crippen molar-refractivity contribution >= 4 is 11.6 Å². The molecule has 0 aliphatic carbocycles. The van der Waals surface area contributed by atoms with E-state index >= 15 is 0 Å². The van der Waals surface area contributed by atoms with Crippen molar-refractivity contribution < 1.29 is 14.3 Å². The number of amides is 1. The van der Waals surface area contributed by atoms with Crippen LogP contribution in [0.15, 0.2) is 36.4 Å². The largest absolute Gasteiger partial charge is 0.493 e. The summed E-state index contributed by atoms with van der Waals surface area (Å²) in [5.41, 5.74) is 4.60. The molecule has 1 amide bonds. The van der Waals surface area contributed by atoms with Crippen LogP contribution in [0.1, 0.15) is 48.9 Å². The van der Waals surface area contributed by atoms with Crippen molar-refractivity contribution in [2.24, 2.45) is 5.92 Å². The number of ether oxygens (including phenoxy) is 2. The van der Waals surface area contributed by atoms with Gasteiger partial charge in [-0.3, -0.25) is 4.79 Å². The van der Waals surface area contributed by atoms with Gasteiger partial charge in [0.25, 0.3) is 0 Å². The van der Waals surface area contributed by atoms with Gasteiger partial charge >= 0.3 is 0 Å². The average molecular weight is 396 g/mol. The van der Waals surface area contributed by atoms with E-state index in [4.69, 9.17) is 9.47 Å². The third-order valence-electron chi connectivity index (χ3n) is 5.66. The molecular weight excluding hydrogens is 362 g/mol. The predicted octanol–water partition coefficient (Wildman–Crippen LogP) is 5.33. The minimum absolute atomic E-state index is 0.0410. The van der Waals surface area contributed by atoms with Crippen molar-refractivity contribution in [1.82, 2.24) is 0 Å². The van der Waals surface area contributed by atoms with Crippen LogP contribution >= 0.6 is 0 Å². The minimum atomic E-state index is -0.555. The van der Waals surface area contributed by atoms with Gasteiger partial charge in [-0.15, -0.1) is 0 Å². The maximum absolute atomic E-state index is 13.5. The number of carbonyl (C=O) groups is 1.